The summed E-state index contributed by atoms with van der Waals surface area (Å²) in [6, 6.07) is 4.64. The van der Waals surface area contributed by atoms with E-state index in [9.17, 15) is 14.0 Å². The number of rotatable bonds is 4. The molecule has 2 aliphatic rings. The topological polar surface area (TPSA) is 78.4 Å². The number of halogens is 1. The molecule has 32 heavy (non-hydrogen) atoms. The van der Waals surface area contributed by atoms with E-state index in [2.05, 4.69) is 15.5 Å². The first-order chi connectivity index (χ1) is 15.3. The van der Waals surface area contributed by atoms with E-state index in [0.29, 0.717) is 32.6 Å². The molecule has 2 saturated heterocycles. The van der Waals surface area contributed by atoms with Gasteiger partial charge in [-0.1, -0.05) is 6.07 Å². The van der Waals surface area contributed by atoms with Crippen molar-refractivity contribution in [2.75, 3.05) is 32.7 Å². The molecule has 3 heterocycles. The van der Waals surface area contributed by atoms with Crippen molar-refractivity contribution in [3.05, 3.63) is 58.2 Å². The lowest BCUT2D eigenvalue weighted by Gasteiger charge is -2.38. The Morgan fingerprint density at radius 2 is 1.88 bits per heavy atom. The van der Waals surface area contributed by atoms with E-state index < -0.39 is 11.4 Å². The molecule has 2 amide bonds. The van der Waals surface area contributed by atoms with Crippen LogP contribution in [0.3, 0.4) is 0 Å². The maximum atomic E-state index is 14.6. The smallest absolute Gasteiger partial charge is 0.256 e. The van der Waals surface area contributed by atoms with Crippen molar-refractivity contribution in [2.24, 2.45) is 0 Å². The number of hydrogen-bond donors (Lipinski definition) is 1. The standard InChI is InChI=1S/C24H30FN5O2/c1-16-15-27-28-21(17(16)2)14-18-5-6-20(25)19(13-18)22(31)29-9-11-30(12-10-29)23(32)24(3)7-4-8-26-24/h5-6,13,15,26H,4,7-12,14H2,1-3H3/t24-/m0/s1. The minimum absolute atomic E-state index is 0.0602. The quantitative estimate of drug-likeness (QED) is 0.791. The number of piperazine rings is 1. The third-order valence-electron chi connectivity index (χ3n) is 6.78. The Morgan fingerprint density at radius 3 is 2.56 bits per heavy atom. The molecule has 0 aliphatic carbocycles. The van der Waals surface area contributed by atoms with Gasteiger partial charge in [-0.2, -0.15) is 10.2 Å². The van der Waals surface area contributed by atoms with Crippen molar-refractivity contribution in [3.8, 4) is 0 Å². The molecule has 8 heteroatoms. The number of aromatic nitrogens is 2. The van der Waals surface area contributed by atoms with Gasteiger partial charge in [0.25, 0.3) is 5.91 Å². The highest BCUT2D eigenvalue weighted by Crippen LogP contribution is 2.23. The van der Waals surface area contributed by atoms with Gasteiger partial charge in [-0.3, -0.25) is 9.59 Å². The highest BCUT2D eigenvalue weighted by Gasteiger charge is 2.40. The molecular weight excluding hydrogens is 409 g/mol. The summed E-state index contributed by atoms with van der Waals surface area (Å²) in [5.74, 6) is -0.786. The summed E-state index contributed by atoms with van der Waals surface area (Å²) in [4.78, 5) is 29.4. The van der Waals surface area contributed by atoms with Crippen LogP contribution in [0.2, 0.25) is 0 Å². The zero-order valence-electron chi connectivity index (χ0n) is 18.9. The molecular formula is C24H30FN5O2. The minimum atomic E-state index is -0.535. The van der Waals surface area contributed by atoms with Crippen molar-refractivity contribution < 1.29 is 14.0 Å². The Bertz CT molecular complexity index is 1030. The highest BCUT2D eigenvalue weighted by molar-refractivity contribution is 5.95. The average Bonchev–Trinajstić information content (AvgIpc) is 3.25. The van der Waals surface area contributed by atoms with Gasteiger partial charge in [0.15, 0.2) is 0 Å². The number of carbonyl (C=O) groups excluding carboxylic acids is 2. The molecule has 1 N–H and O–H groups in total. The van der Waals surface area contributed by atoms with E-state index in [4.69, 9.17) is 0 Å². The number of hydrogen-bond acceptors (Lipinski definition) is 5. The summed E-state index contributed by atoms with van der Waals surface area (Å²) in [6.45, 7) is 8.46. The molecule has 1 atom stereocenters. The second kappa shape index (κ2) is 8.94. The second-order valence-electron chi connectivity index (χ2n) is 9.04. The van der Waals surface area contributed by atoms with Crippen LogP contribution in [-0.2, 0) is 11.2 Å². The molecule has 0 spiro atoms. The fourth-order valence-electron chi connectivity index (χ4n) is 4.50. The molecule has 0 radical (unpaired) electrons. The number of nitrogens with one attached hydrogen (secondary N) is 1. The van der Waals surface area contributed by atoms with Gasteiger partial charge < -0.3 is 15.1 Å². The van der Waals surface area contributed by atoms with E-state index in [-0.39, 0.29) is 17.4 Å². The summed E-state index contributed by atoms with van der Waals surface area (Å²) >= 11 is 0. The van der Waals surface area contributed by atoms with Crippen molar-refractivity contribution in [1.29, 1.82) is 0 Å². The first-order valence-electron chi connectivity index (χ1n) is 11.2. The van der Waals surface area contributed by atoms with Gasteiger partial charge in [0.1, 0.15) is 5.82 Å². The molecule has 1 aromatic carbocycles. The largest absolute Gasteiger partial charge is 0.338 e. The van der Waals surface area contributed by atoms with Crippen LogP contribution in [0.25, 0.3) is 0 Å². The maximum absolute atomic E-state index is 14.6. The minimum Gasteiger partial charge on any atom is -0.338 e. The van der Waals surface area contributed by atoms with E-state index in [1.165, 1.54) is 6.07 Å². The fraction of sp³-hybridized carbons (Fsp3) is 0.500. The molecule has 1 aromatic heterocycles. The van der Waals surface area contributed by atoms with Gasteiger partial charge in [-0.15, -0.1) is 0 Å². The van der Waals surface area contributed by atoms with Crippen LogP contribution in [-0.4, -0.2) is 70.1 Å². The molecule has 2 fully saturated rings. The summed E-state index contributed by atoms with van der Waals surface area (Å²) in [6.07, 6.45) is 4.01. The van der Waals surface area contributed by atoms with Crippen molar-refractivity contribution in [2.45, 2.75) is 45.6 Å². The van der Waals surface area contributed by atoms with E-state index >= 15 is 0 Å². The van der Waals surface area contributed by atoms with Crippen LogP contribution >= 0.6 is 0 Å². The fourth-order valence-corrected chi connectivity index (χ4v) is 4.50. The normalized spacial score (nSPS) is 21.1. The van der Waals surface area contributed by atoms with Crippen LogP contribution in [0, 0.1) is 19.7 Å². The van der Waals surface area contributed by atoms with E-state index in [1.807, 2.05) is 25.7 Å². The van der Waals surface area contributed by atoms with Crippen LogP contribution in [0.4, 0.5) is 4.39 Å². The molecule has 4 rings (SSSR count). The van der Waals surface area contributed by atoms with Gasteiger partial charge in [-0.05, 0) is 69.0 Å². The maximum Gasteiger partial charge on any atom is 0.256 e. The third-order valence-corrected chi connectivity index (χ3v) is 6.78. The van der Waals surface area contributed by atoms with Crippen molar-refractivity contribution >= 4 is 11.8 Å². The molecule has 2 aliphatic heterocycles. The number of carbonyl (C=O) groups is 2. The van der Waals surface area contributed by atoms with E-state index in [1.54, 1.807) is 23.2 Å². The summed E-state index contributed by atoms with van der Waals surface area (Å²) in [5.41, 5.74) is 3.27. The predicted octanol–water partition coefficient (Wildman–Crippen LogP) is 2.25. The molecule has 0 bridgehead atoms. The van der Waals surface area contributed by atoms with Gasteiger partial charge in [0.05, 0.1) is 23.0 Å². The summed E-state index contributed by atoms with van der Waals surface area (Å²) < 4.78 is 14.6. The van der Waals surface area contributed by atoms with Crippen LogP contribution in [0.1, 0.15) is 52.5 Å². The molecule has 2 aromatic rings. The van der Waals surface area contributed by atoms with Gasteiger partial charge in [0, 0.05) is 32.6 Å². The lowest BCUT2D eigenvalue weighted by atomic mass is 9.98. The molecule has 0 unspecified atom stereocenters. The number of aryl methyl sites for hydroxylation is 1. The number of benzene rings is 1. The average molecular weight is 440 g/mol. The monoisotopic (exact) mass is 439 g/mol. The van der Waals surface area contributed by atoms with Gasteiger partial charge in [-0.25, -0.2) is 4.39 Å². The lowest BCUT2D eigenvalue weighted by molar-refractivity contribution is -0.138. The Morgan fingerprint density at radius 1 is 1.16 bits per heavy atom. The Kier molecular flexibility index (Phi) is 6.24. The zero-order valence-corrected chi connectivity index (χ0v) is 18.9. The molecule has 7 nitrogen and oxygen atoms in total. The Hall–Kier alpha value is -2.87. The Balaban J connectivity index is 1.44. The summed E-state index contributed by atoms with van der Waals surface area (Å²) in [5, 5.41) is 11.5. The molecule has 170 valence electrons. The first-order valence-corrected chi connectivity index (χ1v) is 11.2. The van der Waals surface area contributed by atoms with Crippen molar-refractivity contribution in [3.63, 3.8) is 0 Å². The third kappa shape index (κ3) is 4.37. The SMILES string of the molecule is Cc1cnnc(Cc2ccc(F)c(C(=O)N3CCN(C(=O)[C@]4(C)CCCN4)CC3)c2)c1C. The highest BCUT2D eigenvalue weighted by atomic mass is 19.1. The lowest BCUT2D eigenvalue weighted by Crippen LogP contribution is -2.58. The van der Waals surface area contributed by atoms with Crippen molar-refractivity contribution in [1.82, 2.24) is 25.3 Å². The second-order valence-corrected chi connectivity index (χ2v) is 9.04. The molecule has 0 saturated carbocycles. The van der Waals surface area contributed by atoms with Crippen LogP contribution in [0.5, 0.6) is 0 Å². The van der Waals surface area contributed by atoms with Crippen LogP contribution < -0.4 is 5.32 Å². The predicted molar refractivity (Wildman–Crippen MR) is 119 cm³/mol. The summed E-state index contributed by atoms with van der Waals surface area (Å²) in [7, 11) is 0. The van der Waals surface area contributed by atoms with Gasteiger partial charge >= 0.3 is 0 Å². The zero-order chi connectivity index (χ0) is 22.9. The van der Waals surface area contributed by atoms with Gasteiger partial charge in [0.2, 0.25) is 5.91 Å². The number of nitrogens with zero attached hydrogens (tertiary/aromatic N) is 4. The van der Waals surface area contributed by atoms with E-state index in [0.717, 1.165) is 41.8 Å². The first kappa shape index (κ1) is 22.3. The van der Waals surface area contributed by atoms with Crippen LogP contribution in [0.15, 0.2) is 24.4 Å². The number of amides is 2. The Labute approximate surface area is 188 Å².